The van der Waals surface area contributed by atoms with E-state index >= 15 is 0 Å². The molecule has 1 heterocycles. The summed E-state index contributed by atoms with van der Waals surface area (Å²) in [5, 5.41) is 8.71. The Morgan fingerprint density at radius 3 is 2.38 bits per heavy atom. The number of nitriles is 1. The van der Waals surface area contributed by atoms with E-state index in [9.17, 15) is 0 Å². The molecule has 0 aromatic heterocycles. The third kappa shape index (κ3) is 1.45. The molecule has 1 unspecified atom stereocenters. The fourth-order valence-corrected chi connectivity index (χ4v) is 2.33. The third-order valence-corrected chi connectivity index (χ3v) is 3.42. The topological polar surface area (TPSA) is 39.6 Å². The molecule has 0 aromatic carbocycles. The minimum atomic E-state index is -0.101. The maximum atomic E-state index is 8.71. The lowest BCUT2D eigenvalue weighted by Crippen LogP contribution is -2.35. The van der Waals surface area contributed by atoms with E-state index in [4.69, 9.17) is 10.00 Å². The highest BCUT2D eigenvalue weighted by Crippen LogP contribution is 2.48. The van der Waals surface area contributed by atoms with Crippen molar-refractivity contribution in [1.29, 1.82) is 5.26 Å². The van der Waals surface area contributed by atoms with E-state index in [-0.39, 0.29) is 11.7 Å². The Morgan fingerprint density at radius 1 is 1.38 bits per heavy atom. The van der Waals surface area contributed by atoms with Gasteiger partial charge in [0.1, 0.15) is 5.60 Å². The Morgan fingerprint density at radius 2 is 2.00 bits per heavy atom. The first kappa shape index (κ1) is 8.98. The van der Waals surface area contributed by atoms with Crippen LogP contribution in [0.3, 0.4) is 0 Å². The van der Waals surface area contributed by atoms with E-state index in [1.165, 1.54) is 12.8 Å². The van der Waals surface area contributed by atoms with Crippen molar-refractivity contribution in [2.45, 2.75) is 43.4 Å². The van der Waals surface area contributed by atoms with Crippen molar-refractivity contribution in [3.63, 3.8) is 0 Å². The monoisotopic (exact) mass is 180 g/mol. The van der Waals surface area contributed by atoms with Crippen molar-refractivity contribution in [3.05, 3.63) is 0 Å². The molecule has 1 aliphatic carbocycles. The van der Waals surface area contributed by atoms with Crippen LogP contribution in [0, 0.1) is 11.3 Å². The normalized spacial score (nSPS) is 43.5. The van der Waals surface area contributed by atoms with Crippen LogP contribution < -0.4 is 0 Å². The summed E-state index contributed by atoms with van der Waals surface area (Å²) in [5.41, 5.74) is -0.0265. The highest BCUT2D eigenvalue weighted by Gasteiger charge is 2.57. The Hall–Kier alpha value is -0.590. The summed E-state index contributed by atoms with van der Waals surface area (Å²) in [4.78, 5) is 2.27. The van der Waals surface area contributed by atoms with Crippen LogP contribution >= 0.6 is 0 Å². The molecule has 1 saturated carbocycles. The maximum absolute atomic E-state index is 8.71. The number of hydrogen-bond acceptors (Lipinski definition) is 3. The second kappa shape index (κ2) is 2.97. The summed E-state index contributed by atoms with van der Waals surface area (Å²) in [6.45, 7) is 0. The largest absolute Gasteiger partial charge is 0.350 e. The van der Waals surface area contributed by atoms with Gasteiger partial charge in [-0.25, -0.2) is 0 Å². The van der Waals surface area contributed by atoms with Gasteiger partial charge in [0.05, 0.1) is 6.07 Å². The van der Waals surface area contributed by atoms with Crippen LogP contribution in [0.15, 0.2) is 0 Å². The van der Waals surface area contributed by atoms with E-state index in [2.05, 4.69) is 25.1 Å². The minimum absolute atomic E-state index is 0.0265. The highest BCUT2D eigenvalue weighted by atomic mass is 16.6. The van der Waals surface area contributed by atoms with Crippen LogP contribution in [0.4, 0.5) is 0 Å². The zero-order valence-corrected chi connectivity index (χ0v) is 8.29. The van der Waals surface area contributed by atoms with Gasteiger partial charge in [0.25, 0.3) is 0 Å². The predicted molar refractivity (Wildman–Crippen MR) is 49.2 cm³/mol. The van der Waals surface area contributed by atoms with E-state index in [0.29, 0.717) is 6.04 Å². The fraction of sp³-hybridized carbons (Fsp3) is 0.900. The quantitative estimate of drug-likeness (QED) is 0.568. The van der Waals surface area contributed by atoms with E-state index in [0.717, 1.165) is 12.8 Å². The van der Waals surface area contributed by atoms with Crippen LogP contribution in [0.2, 0.25) is 0 Å². The van der Waals surface area contributed by atoms with Gasteiger partial charge in [-0.3, -0.25) is 0 Å². The number of ether oxygens (including phenoxy) is 1. The average Bonchev–Trinajstić information content (AvgIpc) is 2.80. The molecule has 0 N–H and O–H groups in total. The smallest absolute Gasteiger partial charge is 0.173 e. The van der Waals surface area contributed by atoms with Crippen LogP contribution in [-0.4, -0.2) is 36.7 Å². The molecule has 13 heavy (non-hydrogen) atoms. The van der Waals surface area contributed by atoms with Crippen LogP contribution in [-0.2, 0) is 4.74 Å². The second-order valence-electron chi connectivity index (χ2n) is 4.39. The molecule has 0 amide bonds. The highest BCUT2D eigenvalue weighted by molar-refractivity contribution is 5.15. The van der Waals surface area contributed by atoms with E-state index in [1.807, 2.05) is 0 Å². The Kier molecular flexibility index (Phi) is 2.05. The molecule has 1 spiro atoms. The SMILES string of the molecule is CN(C)C1CCC2(CC1)OC2C#N. The minimum Gasteiger partial charge on any atom is -0.350 e. The summed E-state index contributed by atoms with van der Waals surface area (Å²) in [6, 6.07) is 2.90. The van der Waals surface area contributed by atoms with Gasteiger partial charge in [-0.2, -0.15) is 5.26 Å². The van der Waals surface area contributed by atoms with Gasteiger partial charge >= 0.3 is 0 Å². The lowest BCUT2D eigenvalue weighted by Gasteiger charge is -2.31. The van der Waals surface area contributed by atoms with Gasteiger partial charge in [0, 0.05) is 6.04 Å². The summed E-state index contributed by atoms with van der Waals surface area (Å²) in [7, 11) is 4.25. The summed E-state index contributed by atoms with van der Waals surface area (Å²) in [6.07, 6.45) is 4.37. The van der Waals surface area contributed by atoms with Gasteiger partial charge in [-0.1, -0.05) is 0 Å². The van der Waals surface area contributed by atoms with Crippen LogP contribution in [0.5, 0.6) is 0 Å². The van der Waals surface area contributed by atoms with Crippen LogP contribution in [0.1, 0.15) is 25.7 Å². The van der Waals surface area contributed by atoms with Crippen molar-refractivity contribution < 1.29 is 4.74 Å². The molecule has 1 atom stereocenters. The van der Waals surface area contributed by atoms with Crippen molar-refractivity contribution >= 4 is 0 Å². The first-order chi connectivity index (χ1) is 6.18. The van der Waals surface area contributed by atoms with Crippen molar-refractivity contribution in [2.75, 3.05) is 14.1 Å². The molecular formula is C10H16N2O. The van der Waals surface area contributed by atoms with E-state index in [1.54, 1.807) is 0 Å². The number of epoxide rings is 1. The molecule has 2 rings (SSSR count). The van der Waals surface area contributed by atoms with Crippen molar-refractivity contribution in [3.8, 4) is 6.07 Å². The molecule has 0 radical (unpaired) electrons. The lowest BCUT2D eigenvalue weighted by molar-refractivity contribution is 0.158. The Labute approximate surface area is 79.3 Å². The number of rotatable bonds is 1. The van der Waals surface area contributed by atoms with Gasteiger partial charge < -0.3 is 9.64 Å². The molecular weight excluding hydrogens is 164 g/mol. The fourth-order valence-electron chi connectivity index (χ4n) is 2.33. The molecule has 0 bridgehead atoms. The average molecular weight is 180 g/mol. The number of nitrogens with zero attached hydrogens (tertiary/aromatic N) is 2. The first-order valence-electron chi connectivity index (χ1n) is 4.92. The maximum Gasteiger partial charge on any atom is 0.173 e. The molecule has 72 valence electrons. The van der Waals surface area contributed by atoms with Gasteiger partial charge in [-0.15, -0.1) is 0 Å². The molecule has 0 aromatic rings. The van der Waals surface area contributed by atoms with Gasteiger partial charge in [-0.05, 0) is 39.8 Å². The molecule has 1 aliphatic heterocycles. The molecule has 2 fully saturated rings. The molecule has 3 nitrogen and oxygen atoms in total. The van der Waals surface area contributed by atoms with Crippen molar-refractivity contribution in [1.82, 2.24) is 4.90 Å². The van der Waals surface area contributed by atoms with Gasteiger partial charge in [0.2, 0.25) is 0 Å². The third-order valence-electron chi connectivity index (χ3n) is 3.42. The summed E-state index contributed by atoms with van der Waals surface area (Å²) < 4.78 is 5.44. The van der Waals surface area contributed by atoms with E-state index < -0.39 is 0 Å². The molecule has 3 heteroatoms. The number of hydrogen-bond donors (Lipinski definition) is 0. The second-order valence-corrected chi connectivity index (χ2v) is 4.39. The summed E-state index contributed by atoms with van der Waals surface area (Å²) in [5.74, 6) is 0. The Balaban J connectivity index is 1.88. The lowest BCUT2D eigenvalue weighted by atomic mass is 9.83. The van der Waals surface area contributed by atoms with Crippen molar-refractivity contribution in [2.24, 2.45) is 0 Å². The standard InChI is InChI=1S/C10H16N2O/c1-12(2)8-3-5-10(6-4-8)9(7-11)13-10/h8-9H,3-6H2,1-2H3. The summed E-state index contributed by atoms with van der Waals surface area (Å²) >= 11 is 0. The zero-order valence-electron chi connectivity index (χ0n) is 8.29. The zero-order chi connectivity index (χ0) is 9.47. The molecule has 1 saturated heterocycles. The van der Waals surface area contributed by atoms with Crippen LogP contribution in [0.25, 0.3) is 0 Å². The van der Waals surface area contributed by atoms with Gasteiger partial charge in [0.15, 0.2) is 6.10 Å². The molecule has 2 aliphatic rings. The Bertz CT molecular complexity index is 236. The first-order valence-corrected chi connectivity index (χ1v) is 4.92. The predicted octanol–water partition coefficient (Wildman–Crippen LogP) is 1.15.